The first kappa shape index (κ1) is 23.6. The van der Waals surface area contributed by atoms with Crippen molar-refractivity contribution < 1.29 is 40.4 Å². The van der Waals surface area contributed by atoms with Gasteiger partial charge in [-0.2, -0.15) is 11.1 Å². The van der Waals surface area contributed by atoms with Crippen LogP contribution in [0.25, 0.3) is 38.5 Å². The third-order valence-corrected chi connectivity index (χ3v) is 5.90. The number of phenolic OH excluding ortho intramolecular Hbond substituents is 1. The van der Waals surface area contributed by atoms with Gasteiger partial charge < -0.3 is 23.9 Å². The summed E-state index contributed by atoms with van der Waals surface area (Å²) in [6.07, 6.45) is 0. The van der Waals surface area contributed by atoms with E-state index in [1.54, 1.807) is 38.5 Å². The van der Waals surface area contributed by atoms with E-state index in [-0.39, 0.29) is 26.8 Å². The maximum atomic E-state index is 10.2. The molecule has 0 aliphatic rings. The first-order valence-electron chi connectivity index (χ1n) is 11.0. The molecule has 0 saturated heterocycles. The van der Waals surface area contributed by atoms with Gasteiger partial charge in [0.05, 0.1) is 14.2 Å². The molecule has 6 aromatic rings. The molecule has 7 nitrogen and oxygen atoms in total. The second-order valence-corrected chi connectivity index (χ2v) is 7.92. The number of benzene rings is 3. The Kier molecular flexibility index (Phi) is 6.25. The number of para-hydroxylation sites is 2. The number of nitrogens with zero attached hydrogens (tertiary/aromatic N) is 3. The molecular weight excluding hydrogens is 637 g/mol. The van der Waals surface area contributed by atoms with Gasteiger partial charge in [-0.3, -0.25) is 0 Å². The summed E-state index contributed by atoms with van der Waals surface area (Å²) in [6.45, 7) is 0. The summed E-state index contributed by atoms with van der Waals surface area (Å²) in [4.78, 5) is 9.15. The number of phenols is 1. The maximum Gasteiger partial charge on any atom is 0.217 e. The van der Waals surface area contributed by atoms with Gasteiger partial charge in [0.2, 0.25) is 11.8 Å². The van der Waals surface area contributed by atoms with Crippen LogP contribution in [0.15, 0.2) is 78.9 Å². The number of aromatic nitrogens is 3. The van der Waals surface area contributed by atoms with Crippen molar-refractivity contribution in [2.24, 2.45) is 0 Å². The second-order valence-electron chi connectivity index (χ2n) is 7.92. The number of pyridine rings is 2. The zero-order valence-corrected chi connectivity index (χ0v) is 21.6. The van der Waals surface area contributed by atoms with Crippen LogP contribution in [-0.4, -0.2) is 33.9 Å². The summed E-state index contributed by atoms with van der Waals surface area (Å²) >= 11 is 0. The van der Waals surface area contributed by atoms with Gasteiger partial charge in [0.25, 0.3) is 0 Å². The first-order chi connectivity index (χ1) is 17.2. The number of hydrogen-bond donors (Lipinski definition) is 1. The van der Waals surface area contributed by atoms with Gasteiger partial charge >= 0.3 is 0 Å². The van der Waals surface area contributed by atoms with Gasteiger partial charge in [-0.1, -0.05) is 35.8 Å². The molecule has 0 spiro atoms. The summed E-state index contributed by atoms with van der Waals surface area (Å²) in [5.74, 6) is 2.59. The Bertz CT molecular complexity index is 1730. The Morgan fingerprint density at radius 3 is 2.44 bits per heavy atom. The maximum absolute atomic E-state index is 10.2. The van der Waals surface area contributed by atoms with Gasteiger partial charge in [-0.15, -0.1) is 17.5 Å². The average molecular weight is 658 g/mol. The Morgan fingerprint density at radius 1 is 0.778 bits per heavy atom. The number of rotatable bonds is 5. The Balaban J connectivity index is 0.00000267. The molecule has 3 aromatic carbocycles. The molecule has 0 amide bonds. The normalized spacial score (nSPS) is 10.9. The molecule has 1 N–H and O–H groups in total. The van der Waals surface area contributed by atoms with Crippen LogP contribution >= 0.6 is 0 Å². The third kappa shape index (κ3) is 3.91. The molecule has 6 rings (SSSR count). The topological polar surface area (TPSA) is 78.6 Å². The van der Waals surface area contributed by atoms with Crippen molar-refractivity contribution in [3.05, 3.63) is 84.9 Å². The van der Waals surface area contributed by atoms with E-state index >= 15 is 0 Å². The SMILES string of the molecule is COc1ccc(OC)c(-n2c3[c-]c(Oc4ccc5cccc(O)c5n4)ccc3c3ccccc32)n1.[Pt]. The summed E-state index contributed by atoms with van der Waals surface area (Å²) in [5, 5.41) is 13.0. The standard InChI is InChI=1S/C28H20N3O4.Pt/c1-33-24-13-15-25(34-2)30-28(24)31-21-8-4-3-7-19(21)20-12-11-18(16-22(20)31)35-26-14-10-17-6-5-9-23(32)27(17)29-26;/h3-15,32H,1-2H3;/q-1;. The molecule has 0 fully saturated rings. The van der Waals surface area contributed by atoms with Crippen molar-refractivity contribution in [3.63, 3.8) is 0 Å². The Labute approximate surface area is 221 Å². The minimum Gasteiger partial charge on any atom is -0.506 e. The number of aromatic hydroxyl groups is 1. The van der Waals surface area contributed by atoms with Crippen molar-refractivity contribution in [2.75, 3.05) is 14.2 Å². The van der Waals surface area contributed by atoms with Crippen LogP contribution in [0.5, 0.6) is 29.0 Å². The summed E-state index contributed by atoms with van der Waals surface area (Å²) in [5.41, 5.74) is 2.20. The minimum absolute atomic E-state index is 0. The predicted octanol–water partition coefficient (Wildman–Crippen LogP) is 6.04. The van der Waals surface area contributed by atoms with E-state index in [9.17, 15) is 5.11 Å². The zero-order chi connectivity index (χ0) is 23.9. The van der Waals surface area contributed by atoms with E-state index in [0.29, 0.717) is 34.6 Å². The van der Waals surface area contributed by atoms with Gasteiger partial charge in [-0.25, -0.2) is 4.98 Å². The number of fused-ring (bicyclic) bond motifs is 4. The molecule has 3 heterocycles. The van der Waals surface area contributed by atoms with Crippen molar-refractivity contribution in [2.45, 2.75) is 0 Å². The largest absolute Gasteiger partial charge is 0.506 e. The van der Waals surface area contributed by atoms with Gasteiger partial charge in [0, 0.05) is 49.9 Å². The molecular formula is C28H20N3O4Pt-. The third-order valence-electron chi connectivity index (χ3n) is 5.90. The number of hydrogen-bond acceptors (Lipinski definition) is 6. The van der Waals surface area contributed by atoms with E-state index < -0.39 is 0 Å². The fraction of sp³-hybridized carbons (Fsp3) is 0.0714. The quantitative estimate of drug-likeness (QED) is 0.228. The van der Waals surface area contributed by atoms with Crippen LogP contribution in [0, 0.1) is 6.07 Å². The molecule has 0 radical (unpaired) electrons. The summed E-state index contributed by atoms with van der Waals surface area (Å²) in [6, 6.07) is 27.8. The fourth-order valence-electron chi connectivity index (χ4n) is 4.29. The Morgan fingerprint density at radius 2 is 1.61 bits per heavy atom. The van der Waals surface area contributed by atoms with E-state index in [1.165, 1.54) is 0 Å². The smallest absolute Gasteiger partial charge is 0.217 e. The van der Waals surface area contributed by atoms with Gasteiger partial charge in [0.15, 0.2) is 11.6 Å². The zero-order valence-electron chi connectivity index (χ0n) is 19.3. The molecule has 0 aliphatic heterocycles. The average Bonchev–Trinajstić information content (AvgIpc) is 3.22. The Hall–Kier alpha value is -4.09. The van der Waals surface area contributed by atoms with E-state index in [0.717, 1.165) is 27.2 Å². The van der Waals surface area contributed by atoms with Crippen LogP contribution in [0.1, 0.15) is 0 Å². The first-order valence-corrected chi connectivity index (χ1v) is 11.0. The molecule has 182 valence electrons. The number of ether oxygens (including phenoxy) is 3. The molecule has 0 aliphatic carbocycles. The van der Waals surface area contributed by atoms with Crippen LogP contribution in [0.3, 0.4) is 0 Å². The van der Waals surface area contributed by atoms with Crippen molar-refractivity contribution in [1.82, 2.24) is 14.5 Å². The molecule has 36 heavy (non-hydrogen) atoms. The fourth-order valence-corrected chi connectivity index (χ4v) is 4.29. The van der Waals surface area contributed by atoms with Gasteiger partial charge in [0.1, 0.15) is 11.3 Å². The van der Waals surface area contributed by atoms with Crippen molar-refractivity contribution >= 4 is 32.7 Å². The van der Waals surface area contributed by atoms with Crippen molar-refractivity contribution in [1.29, 1.82) is 0 Å². The van der Waals surface area contributed by atoms with E-state index in [4.69, 9.17) is 14.2 Å². The summed E-state index contributed by atoms with van der Waals surface area (Å²) < 4.78 is 19.1. The summed E-state index contributed by atoms with van der Waals surface area (Å²) in [7, 11) is 3.19. The molecule has 8 heteroatoms. The molecule has 0 bridgehead atoms. The predicted molar refractivity (Wildman–Crippen MR) is 134 cm³/mol. The van der Waals surface area contributed by atoms with E-state index in [1.807, 2.05) is 53.1 Å². The van der Waals surface area contributed by atoms with E-state index in [2.05, 4.69) is 22.1 Å². The van der Waals surface area contributed by atoms with Crippen LogP contribution in [-0.2, 0) is 21.1 Å². The molecule has 0 unspecified atom stereocenters. The van der Waals surface area contributed by atoms with Crippen molar-refractivity contribution in [3.8, 4) is 34.8 Å². The molecule has 3 aromatic heterocycles. The van der Waals surface area contributed by atoms with Crippen LogP contribution in [0.2, 0.25) is 0 Å². The monoisotopic (exact) mass is 657 g/mol. The van der Waals surface area contributed by atoms with Gasteiger partial charge in [-0.05, 0) is 29.7 Å². The second kappa shape index (κ2) is 9.51. The number of methoxy groups -OCH3 is 2. The van der Waals surface area contributed by atoms with Crippen LogP contribution in [0.4, 0.5) is 0 Å². The molecule has 0 saturated carbocycles. The molecule has 0 atom stereocenters. The van der Waals surface area contributed by atoms with Crippen LogP contribution < -0.4 is 14.2 Å². The minimum atomic E-state index is 0.